The molecule has 2 aliphatic rings. The zero-order valence-corrected chi connectivity index (χ0v) is 16.2. The lowest BCUT2D eigenvalue weighted by molar-refractivity contribution is 0.122. The monoisotopic (exact) mass is 387 g/mol. The van der Waals surface area contributed by atoms with Crippen LogP contribution in [-0.2, 0) is 4.74 Å². The molecule has 0 radical (unpaired) electrons. The average Bonchev–Trinajstić information content (AvgIpc) is 2.79. The van der Waals surface area contributed by atoms with Crippen LogP contribution in [0.15, 0.2) is 18.3 Å². The van der Waals surface area contributed by atoms with Crippen molar-refractivity contribution in [1.29, 1.82) is 0 Å². The van der Waals surface area contributed by atoms with E-state index in [9.17, 15) is 0 Å². The number of aromatic nitrogens is 4. The molecule has 2 aromatic rings. The lowest BCUT2D eigenvalue weighted by Gasteiger charge is -2.35. The fourth-order valence-corrected chi connectivity index (χ4v) is 3.31. The Morgan fingerprint density at radius 1 is 0.786 bits per heavy atom. The summed E-state index contributed by atoms with van der Waals surface area (Å²) in [6.45, 7) is 6.30. The maximum atomic E-state index is 5.42. The molecule has 0 aromatic carbocycles. The quantitative estimate of drug-likeness (QED) is 0.720. The molecular weight excluding hydrogens is 362 g/mol. The van der Waals surface area contributed by atoms with Gasteiger partial charge in [0.05, 0.1) is 33.5 Å². The van der Waals surface area contributed by atoms with Crippen LogP contribution in [0, 0.1) is 0 Å². The van der Waals surface area contributed by atoms with Gasteiger partial charge in [-0.1, -0.05) is 0 Å². The molecule has 0 bridgehead atoms. The minimum absolute atomic E-state index is 0.492. The highest BCUT2D eigenvalue weighted by Crippen LogP contribution is 2.22. The molecule has 28 heavy (non-hydrogen) atoms. The molecule has 2 saturated heterocycles. The SMILES string of the molecule is COc1cc(OC)nc(N2CCN(c3nccc(N4CCOCC4)n3)CC2)n1. The Kier molecular flexibility index (Phi) is 5.56. The number of rotatable bonds is 5. The first-order valence-corrected chi connectivity index (χ1v) is 9.39. The summed E-state index contributed by atoms with van der Waals surface area (Å²) in [7, 11) is 3.17. The lowest BCUT2D eigenvalue weighted by Crippen LogP contribution is -2.48. The van der Waals surface area contributed by atoms with Crippen molar-refractivity contribution in [3.05, 3.63) is 18.3 Å². The third-order valence-electron chi connectivity index (χ3n) is 4.89. The van der Waals surface area contributed by atoms with E-state index >= 15 is 0 Å². The van der Waals surface area contributed by atoms with Gasteiger partial charge in [0, 0.05) is 45.5 Å². The maximum Gasteiger partial charge on any atom is 0.232 e. The minimum atomic E-state index is 0.492. The van der Waals surface area contributed by atoms with Crippen LogP contribution in [0.3, 0.4) is 0 Å². The van der Waals surface area contributed by atoms with E-state index < -0.39 is 0 Å². The Bertz CT molecular complexity index is 770. The van der Waals surface area contributed by atoms with Gasteiger partial charge in [-0.15, -0.1) is 0 Å². The number of piperazine rings is 1. The highest BCUT2D eigenvalue weighted by Gasteiger charge is 2.23. The summed E-state index contributed by atoms with van der Waals surface area (Å²) >= 11 is 0. The Hall–Kier alpha value is -2.88. The second-order valence-corrected chi connectivity index (χ2v) is 6.54. The number of hydrogen-bond acceptors (Lipinski definition) is 10. The van der Waals surface area contributed by atoms with Gasteiger partial charge in [0.2, 0.25) is 23.7 Å². The molecule has 4 heterocycles. The molecular formula is C18H25N7O3. The van der Waals surface area contributed by atoms with Gasteiger partial charge in [0.15, 0.2) is 0 Å². The maximum absolute atomic E-state index is 5.42. The smallest absolute Gasteiger partial charge is 0.232 e. The van der Waals surface area contributed by atoms with Crippen LogP contribution in [0.25, 0.3) is 0 Å². The summed E-state index contributed by atoms with van der Waals surface area (Å²) in [5.41, 5.74) is 0. The van der Waals surface area contributed by atoms with Crippen molar-refractivity contribution in [2.75, 3.05) is 81.4 Å². The first-order valence-electron chi connectivity index (χ1n) is 9.39. The Morgan fingerprint density at radius 3 is 2.00 bits per heavy atom. The van der Waals surface area contributed by atoms with Crippen molar-refractivity contribution in [2.24, 2.45) is 0 Å². The molecule has 0 saturated carbocycles. The summed E-state index contributed by atoms with van der Waals surface area (Å²) in [5, 5.41) is 0. The topological polar surface area (TPSA) is 89.0 Å². The first kappa shape index (κ1) is 18.5. The van der Waals surface area contributed by atoms with Gasteiger partial charge < -0.3 is 28.9 Å². The van der Waals surface area contributed by atoms with Crippen molar-refractivity contribution in [3.63, 3.8) is 0 Å². The van der Waals surface area contributed by atoms with E-state index in [1.165, 1.54) is 0 Å². The standard InChI is InChI=1S/C18H25N7O3/c1-26-15-13-16(27-2)22-18(21-15)25-7-5-24(6-8-25)17-19-4-3-14(20-17)23-9-11-28-12-10-23/h3-4,13H,5-12H2,1-2H3. The van der Waals surface area contributed by atoms with Gasteiger partial charge in [-0.2, -0.15) is 15.0 Å². The van der Waals surface area contributed by atoms with Crippen molar-refractivity contribution < 1.29 is 14.2 Å². The number of anilines is 3. The number of nitrogens with zero attached hydrogens (tertiary/aromatic N) is 7. The van der Waals surface area contributed by atoms with E-state index in [1.807, 2.05) is 12.3 Å². The van der Waals surface area contributed by atoms with Crippen LogP contribution >= 0.6 is 0 Å². The average molecular weight is 387 g/mol. The van der Waals surface area contributed by atoms with Crippen LogP contribution in [0.1, 0.15) is 0 Å². The van der Waals surface area contributed by atoms with E-state index in [0.717, 1.165) is 64.2 Å². The Labute approximate surface area is 164 Å². The Balaban J connectivity index is 1.43. The summed E-state index contributed by atoms with van der Waals surface area (Å²) in [6, 6.07) is 3.63. The van der Waals surface area contributed by atoms with E-state index in [0.29, 0.717) is 17.7 Å². The molecule has 10 heteroatoms. The fraction of sp³-hybridized carbons (Fsp3) is 0.556. The predicted octanol–water partition coefficient (Wildman–Crippen LogP) is 0.447. The molecule has 0 N–H and O–H groups in total. The molecule has 2 aliphatic heterocycles. The van der Waals surface area contributed by atoms with Gasteiger partial charge in [0.25, 0.3) is 0 Å². The molecule has 150 valence electrons. The lowest BCUT2D eigenvalue weighted by atomic mass is 10.3. The number of morpholine rings is 1. The highest BCUT2D eigenvalue weighted by atomic mass is 16.5. The molecule has 0 spiro atoms. The highest BCUT2D eigenvalue weighted by molar-refractivity contribution is 5.46. The van der Waals surface area contributed by atoms with Crippen LogP contribution in [0.5, 0.6) is 11.8 Å². The molecule has 2 aromatic heterocycles. The fourth-order valence-electron chi connectivity index (χ4n) is 3.31. The largest absolute Gasteiger partial charge is 0.481 e. The molecule has 0 amide bonds. The number of methoxy groups -OCH3 is 2. The number of ether oxygens (including phenoxy) is 3. The second kappa shape index (κ2) is 8.42. The molecule has 0 unspecified atom stereocenters. The van der Waals surface area contributed by atoms with Gasteiger partial charge in [-0.3, -0.25) is 0 Å². The third kappa shape index (κ3) is 4.01. The van der Waals surface area contributed by atoms with Crippen LogP contribution < -0.4 is 24.2 Å². The minimum Gasteiger partial charge on any atom is -0.481 e. The summed E-state index contributed by atoms with van der Waals surface area (Å²) in [5.74, 6) is 3.31. The third-order valence-corrected chi connectivity index (χ3v) is 4.89. The summed E-state index contributed by atoms with van der Waals surface area (Å²) in [4.78, 5) is 24.7. The van der Waals surface area contributed by atoms with E-state index in [-0.39, 0.29) is 0 Å². The molecule has 2 fully saturated rings. The zero-order valence-electron chi connectivity index (χ0n) is 16.2. The van der Waals surface area contributed by atoms with Crippen molar-refractivity contribution in [3.8, 4) is 11.8 Å². The van der Waals surface area contributed by atoms with E-state index in [4.69, 9.17) is 19.2 Å². The first-order chi connectivity index (χ1) is 13.8. The molecule has 0 aliphatic carbocycles. The number of hydrogen-bond donors (Lipinski definition) is 0. The normalized spacial score (nSPS) is 17.6. The summed E-state index contributed by atoms with van der Waals surface area (Å²) in [6.07, 6.45) is 1.83. The van der Waals surface area contributed by atoms with Gasteiger partial charge in [0.1, 0.15) is 5.82 Å². The van der Waals surface area contributed by atoms with Gasteiger partial charge in [-0.25, -0.2) is 4.98 Å². The van der Waals surface area contributed by atoms with E-state index in [1.54, 1.807) is 20.3 Å². The van der Waals surface area contributed by atoms with Crippen molar-refractivity contribution in [2.45, 2.75) is 0 Å². The molecule has 0 atom stereocenters. The van der Waals surface area contributed by atoms with Gasteiger partial charge in [-0.05, 0) is 6.07 Å². The summed E-state index contributed by atoms with van der Waals surface area (Å²) < 4.78 is 15.9. The van der Waals surface area contributed by atoms with Crippen molar-refractivity contribution >= 4 is 17.7 Å². The second-order valence-electron chi connectivity index (χ2n) is 6.54. The van der Waals surface area contributed by atoms with Crippen molar-refractivity contribution in [1.82, 2.24) is 19.9 Å². The van der Waals surface area contributed by atoms with Gasteiger partial charge >= 0.3 is 0 Å². The molecule has 4 rings (SSSR count). The molecule has 10 nitrogen and oxygen atoms in total. The Morgan fingerprint density at radius 2 is 1.39 bits per heavy atom. The van der Waals surface area contributed by atoms with Crippen LogP contribution in [0.2, 0.25) is 0 Å². The predicted molar refractivity (Wildman–Crippen MR) is 105 cm³/mol. The zero-order chi connectivity index (χ0) is 19.3. The van der Waals surface area contributed by atoms with Crippen LogP contribution in [-0.4, -0.2) is 86.6 Å². The van der Waals surface area contributed by atoms with Crippen LogP contribution in [0.4, 0.5) is 17.7 Å². The van der Waals surface area contributed by atoms with E-state index in [2.05, 4.69) is 29.7 Å².